The van der Waals surface area contributed by atoms with Gasteiger partial charge in [-0.15, -0.1) is 0 Å². The molecule has 4 N–H and O–H groups in total. The summed E-state index contributed by atoms with van der Waals surface area (Å²) in [5.41, 5.74) is -0.776. The van der Waals surface area contributed by atoms with Gasteiger partial charge in [-0.3, -0.25) is 4.79 Å². The predicted molar refractivity (Wildman–Crippen MR) is 121 cm³/mol. The van der Waals surface area contributed by atoms with Crippen molar-refractivity contribution in [3.05, 3.63) is 59.7 Å². The van der Waals surface area contributed by atoms with E-state index >= 15 is 0 Å². The Morgan fingerprint density at radius 2 is 1.06 bits per heavy atom. The highest BCUT2D eigenvalue weighted by atomic mass is 16.5. The second kappa shape index (κ2) is 12.0. The van der Waals surface area contributed by atoms with Crippen LogP contribution in [0.25, 0.3) is 0 Å². The average molecular weight is 447 g/mol. The summed E-state index contributed by atoms with van der Waals surface area (Å²) in [6, 6.07) is 14.3. The van der Waals surface area contributed by atoms with Crippen LogP contribution in [0.5, 0.6) is 11.5 Å². The number of rotatable bonds is 14. The molecule has 0 bridgehead atoms. The van der Waals surface area contributed by atoms with Crippen LogP contribution in [-0.4, -0.2) is 63.8 Å². The summed E-state index contributed by atoms with van der Waals surface area (Å²) in [5, 5.41) is 39.1. The fourth-order valence-electron chi connectivity index (χ4n) is 3.65. The lowest BCUT2D eigenvalue weighted by Gasteiger charge is -2.27. The van der Waals surface area contributed by atoms with Gasteiger partial charge in [-0.25, -0.2) is 0 Å². The Morgan fingerprint density at radius 1 is 0.719 bits per heavy atom. The standard InChI is InChI=1S/C25H34O7/c1-24(29,15-19-3-7-22(8-4-19)31-13-11-26)17-21(28)18-25(2,30)16-20-5-9-23(10-6-20)32-14-12-27/h3-10,26-27,29-30H,11-18H2,1-2H3. The van der Waals surface area contributed by atoms with E-state index < -0.39 is 11.2 Å². The van der Waals surface area contributed by atoms with E-state index in [2.05, 4.69) is 0 Å². The van der Waals surface area contributed by atoms with Crippen molar-refractivity contribution in [3.63, 3.8) is 0 Å². The van der Waals surface area contributed by atoms with Crippen LogP contribution in [0.3, 0.4) is 0 Å². The molecule has 7 heteroatoms. The van der Waals surface area contributed by atoms with Gasteiger partial charge in [0.25, 0.3) is 0 Å². The molecule has 0 spiro atoms. The van der Waals surface area contributed by atoms with Crippen molar-refractivity contribution in [2.24, 2.45) is 0 Å². The molecule has 2 aromatic carbocycles. The average Bonchev–Trinajstić information content (AvgIpc) is 2.71. The van der Waals surface area contributed by atoms with Gasteiger partial charge >= 0.3 is 0 Å². The molecule has 2 rings (SSSR count). The highest BCUT2D eigenvalue weighted by molar-refractivity contribution is 5.80. The number of carbonyl (C=O) groups is 1. The van der Waals surface area contributed by atoms with Crippen LogP contribution in [0.2, 0.25) is 0 Å². The van der Waals surface area contributed by atoms with Gasteiger partial charge in [0, 0.05) is 25.7 Å². The first-order valence-electron chi connectivity index (χ1n) is 10.7. The quantitative estimate of drug-likeness (QED) is 0.351. The number of aliphatic hydroxyl groups is 4. The molecular formula is C25H34O7. The van der Waals surface area contributed by atoms with Crippen molar-refractivity contribution >= 4 is 5.78 Å². The number of Topliss-reactive ketones (excluding diaryl/α,β-unsaturated/α-hetero) is 1. The third-order valence-corrected chi connectivity index (χ3v) is 4.89. The monoisotopic (exact) mass is 446 g/mol. The Bertz CT molecular complexity index is 757. The maximum Gasteiger partial charge on any atom is 0.138 e. The van der Waals surface area contributed by atoms with Crippen molar-refractivity contribution < 1.29 is 34.7 Å². The maximum atomic E-state index is 12.6. The molecule has 0 radical (unpaired) electrons. The first-order chi connectivity index (χ1) is 15.1. The molecule has 0 aliphatic heterocycles. The smallest absolute Gasteiger partial charge is 0.138 e. The Labute approximate surface area is 189 Å². The summed E-state index contributed by atoms with van der Waals surface area (Å²) in [7, 11) is 0. The van der Waals surface area contributed by atoms with Crippen LogP contribution in [0.15, 0.2) is 48.5 Å². The molecule has 0 aliphatic carbocycles. The van der Waals surface area contributed by atoms with Gasteiger partial charge in [-0.2, -0.15) is 0 Å². The topological polar surface area (TPSA) is 116 Å². The Hall–Kier alpha value is -2.45. The van der Waals surface area contributed by atoms with Crippen LogP contribution >= 0.6 is 0 Å². The van der Waals surface area contributed by atoms with Crippen LogP contribution in [0.4, 0.5) is 0 Å². The van der Waals surface area contributed by atoms with Gasteiger partial charge in [-0.05, 0) is 49.2 Å². The van der Waals surface area contributed by atoms with Gasteiger partial charge in [0.1, 0.15) is 30.5 Å². The highest BCUT2D eigenvalue weighted by Gasteiger charge is 2.30. The molecule has 0 heterocycles. The van der Waals surface area contributed by atoms with Crippen molar-refractivity contribution in [2.75, 3.05) is 26.4 Å². The van der Waals surface area contributed by atoms with Crippen LogP contribution < -0.4 is 9.47 Å². The molecule has 2 atom stereocenters. The van der Waals surface area contributed by atoms with Gasteiger partial charge in [0.2, 0.25) is 0 Å². The van der Waals surface area contributed by atoms with E-state index in [9.17, 15) is 15.0 Å². The maximum absolute atomic E-state index is 12.6. The minimum atomic E-state index is -1.24. The van der Waals surface area contributed by atoms with Crippen molar-refractivity contribution in [1.82, 2.24) is 0 Å². The highest BCUT2D eigenvalue weighted by Crippen LogP contribution is 2.24. The lowest BCUT2D eigenvalue weighted by atomic mass is 9.85. The van der Waals surface area contributed by atoms with E-state index in [4.69, 9.17) is 19.7 Å². The molecule has 0 saturated carbocycles. The summed E-state index contributed by atoms with van der Waals surface area (Å²) in [5.74, 6) is 1.04. The van der Waals surface area contributed by atoms with Gasteiger partial charge < -0.3 is 29.9 Å². The third kappa shape index (κ3) is 9.36. The number of benzene rings is 2. The van der Waals surface area contributed by atoms with Crippen molar-refractivity contribution in [1.29, 1.82) is 0 Å². The number of ketones is 1. The molecular weight excluding hydrogens is 412 g/mol. The summed E-state index contributed by atoms with van der Waals surface area (Å²) in [6.07, 6.45) is 0.437. The summed E-state index contributed by atoms with van der Waals surface area (Å²) < 4.78 is 10.6. The van der Waals surface area contributed by atoms with E-state index in [1.54, 1.807) is 38.1 Å². The second-order valence-corrected chi connectivity index (χ2v) is 8.67. The predicted octanol–water partition coefficient (Wildman–Crippen LogP) is 2.07. The molecule has 2 aromatic rings. The van der Waals surface area contributed by atoms with Gasteiger partial charge in [0.05, 0.1) is 24.4 Å². The fourth-order valence-corrected chi connectivity index (χ4v) is 3.65. The minimum absolute atomic E-state index is 0.0628. The Kier molecular flexibility index (Phi) is 9.65. The Morgan fingerprint density at radius 3 is 1.38 bits per heavy atom. The summed E-state index contributed by atoms with van der Waals surface area (Å²) >= 11 is 0. The fraction of sp³-hybridized carbons (Fsp3) is 0.480. The van der Waals surface area contributed by atoms with E-state index in [1.807, 2.05) is 24.3 Å². The SMILES string of the molecule is CC(O)(CC(=O)CC(C)(O)Cc1ccc(OCCO)cc1)Cc1ccc(OCCO)cc1. The van der Waals surface area contributed by atoms with Crippen molar-refractivity contribution in [3.8, 4) is 11.5 Å². The lowest BCUT2D eigenvalue weighted by Crippen LogP contribution is -2.36. The molecule has 0 fully saturated rings. The summed E-state index contributed by atoms with van der Waals surface area (Å²) in [4.78, 5) is 12.6. The van der Waals surface area contributed by atoms with Crippen LogP contribution in [-0.2, 0) is 17.6 Å². The normalized spacial score (nSPS) is 14.9. The van der Waals surface area contributed by atoms with Gasteiger partial charge in [-0.1, -0.05) is 24.3 Å². The molecule has 32 heavy (non-hydrogen) atoms. The zero-order valence-corrected chi connectivity index (χ0v) is 18.8. The zero-order valence-electron chi connectivity index (χ0n) is 18.8. The largest absolute Gasteiger partial charge is 0.491 e. The molecule has 7 nitrogen and oxygen atoms in total. The van der Waals surface area contributed by atoms with Crippen LogP contribution in [0.1, 0.15) is 37.8 Å². The van der Waals surface area contributed by atoms with E-state index in [0.29, 0.717) is 11.5 Å². The number of hydrogen-bond donors (Lipinski definition) is 4. The molecule has 0 aromatic heterocycles. The molecule has 176 valence electrons. The second-order valence-electron chi connectivity index (χ2n) is 8.67. The van der Waals surface area contributed by atoms with Crippen LogP contribution in [0, 0.1) is 0 Å². The summed E-state index contributed by atoms with van der Waals surface area (Å²) in [6.45, 7) is 3.53. The van der Waals surface area contributed by atoms with E-state index in [0.717, 1.165) is 11.1 Å². The molecule has 2 unspecified atom stereocenters. The lowest BCUT2D eigenvalue weighted by molar-refractivity contribution is -0.127. The number of aliphatic hydroxyl groups excluding tert-OH is 2. The molecule has 0 amide bonds. The number of hydrogen-bond acceptors (Lipinski definition) is 7. The van der Waals surface area contributed by atoms with Gasteiger partial charge in [0.15, 0.2) is 0 Å². The first kappa shape index (κ1) is 25.8. The van der Waals surface area contributed by atoms with Crippen molar-refractivity contribution in [2.45, 2.75) is 50.7 Å². The zero-order chi connectivity index (χ0) is 23.6. The number of ether oxygens (including phenoxy) is 2. The van der Waals surface area contributed by atoms with E-state index in [1.165, 1.54) is 0 Å². The Balaban J connectivity index is 1.87. The minimum Gasteiger partial charge on any atom is -0.491 e. The molecule has 0 aliphatic rings. The van der Waals surface area contributed by atoms with E-state index in [-0.39, 0.29) is 57.9 Å². The first-order valence-corrected chi connectivity index (χ1v) is 10.7. The molecule has 0 saturated heterocycles. The third-order valence-electron chi connectivity index (χ3n) is 4.89. The number of carbonyl (C=O) groups excluding carboxylic acids is 1.